The predicted molar refractivity (Wildman–Crippen MR) is 370 cm³/mol. The lowest BCUT2D eigenvalue weighted by Crippen LogP contribution is -2.20. The van der Waals surface area contributed by atoms with E-state index in [9.17, 15) is 0 Å². The fourth-order valence-corrected chi connectivity index (χ4v) is 11.7. The molecule has 0 aromatic carbocycles. The number of hydrogen-bond acceptors (Lipinski definition) is 0. The summed E-state index contributed by atoms with van der Waals surface area (Å²) in [6.45, 7) is 62.3. The number of hydrogen-bond donors (Lipinski definition) is 0. The smallest absolute Gasteiger partial charge is 0.0268 e. The zero-order valence-corrected chi connectivity index (χ0v) is 61.5. The Bertz CT molecular complexity index is 1290. The Morgan fingerprint density at radius 1 is 0.388 bits per heavy atom. The molecule has 0 aromatic rings. The van der Waals surface area contributed by atoms with E-state index in [1.165, 1.54) is 193 Å². The van der Waals surface area contributed by atoms with Gasteiger partial charge in [-0.15, -0.1) is 0 Å². The van der Waals surface area contributed by atoms with Gasteiger partial charge in [0, 0.05) is 0 Å². The van der Waals surface area contributed by atoms with Gasteiger partial charge >= 0.3 is 0 Å². The summed E-state index contributed by atoms with van der Waals surface area (Å²) in [6.07, 6.45) is 48.1. The van der Waals surface area contributed by atoms with Crippen molar-refractivity contribution in [1.29, 1.82) is 0 Å². The molecule has 12 aliphatic rings. The maximum absolute atomic E-state index is 2.37. The standard InChI is InChI=1S/2C7H16.C6H10.10C6H12/c1-4-5-6-7(2)3;1-3-5-7-6-4-2;1-5-4-6(5)2-3-6;2*1-5-4-6(5,2)3;1-5-3-6(2)4-5;1-6(2)4-3-5-6;1-5-3-4-6(5)2;1-4-5(2)6(4)3;1-6-4-2-3-5-6;1-3-6(2)4-5-6;1-3-6-4-5(6)2;1-2-6-4-3-5-6/h7H,4-6H2,1-3H3;3-7H2,1-2H3;5H,2-4H2,1H3;2*5H,4H2,1-3H3;5-6H,3-4H2,1-2H3;3-5H2,1-2H3;5-6H,3-4H2,1-2H3;4-6H,1-3H3;6H,2-5H2,1H3;3-5H2,1-2H3;5-6H,3-4H2,1-2H3;6H,2-5H2,1H3/t;;2*5-;;;;5-,6?;;;;;/m..00...1...../s1. The minimum atomic E-state index is 0.708. The van der Waals surface area contributed by atoms with Crippen molar-refractivity contribution in [2.75, 3.05) is 0 Å². The van der Waals surface area contributed by atoms with Crippen molar-refractivity contribution in [3.05, 3.63) is 0 Å². The first-order valence-corrected chi connectivity index (χ1v) is 37.2. The zero-order valence-electron chi connectivity index (χ0n) is 61.5. The topological polar surface area (TPSA) is 0 Å². The fourth-order valence-electron chi connectivity index (χ4n) is 11.7. The van der Waals surface area contributed by atoms with Gasteiger partial charge in [-0.05, 0) is 193 Å². The minimum Gasteiger partial charge on any atom is -0.0654 e. The summed E-state index contributed by atoms with van der Waals surface area (Å²) in [5.41, 5.74) is 3.89. The van der Waals surface area contributed by atoms with Gasteiger partial charge in [0.2, 0.25) is 0 Å². The van der Waals surface area contributed by atoms with Crippen molar-refractivity contribution < 1.29 is 0 Å². The Morgan fingerprint density at radius 3 is 0.812 bits per heavy atom. The minimum absolute atomic E-state index is 0.708. The van der Waals surface area contributed by atoms with E-state index in [4.69, 9.17) is 0 Å². The Hall–Kier alpha value is 0. The Labute approximate surface area is 512 Å². The van der Waals surface area contributed by atoms with Crippen LogP contribution in [0, 0.1) is 116 Å². The van der Waals surface area contributed by atoms with Crippen molar-refractivity contribution >= 4 is 0 Å². The first-order chi connectivity index (χ1) is 37.2. The molecule has 0 aliphatic heterocycles. The third-order valence-electron chi connectivity index (χ3n) is 23.8. The summed E-state index contributed by atoms with van der Waals surface area (Å²) in [7, 11) is 0. The van der Waals surface area contributed by atoms with Crippen molar-refractivity contribution in [3.63, 3.8) is 0 Å². The average molecular weight is 1120 g/mol. The predicted octanol–water partition coefficient (Wildman–Crippen LogP) is 28.6. The second-order valence-electron chi connectivity index (χ2n) is 34.2. The third-order valence-corrected chi connectivity index (χ3v) is 23.8. The van der Waals surface area contributed by atoms with Crippen LogP contribution < -0.4 is 0 Å². The molecule has 7 atom stereocenters. The molecule has 0 radical (unpaired) electrons. The van der Waals surface area contributed by atoms with Gasteiger partial charge in [-0.2, -0.15) is 0 Å². The molecular formula is C80H162. The van der Waals surface area contributed by atoms with Gasteiger partial charge in [-0.25, -0.2) is 0 Å². The van der Waals surface area contributed by atoms with E-state index in [0.717, 1.165) is 105 Å². The molecule has 0 aromatic heterocycles. The molecule has 0 bridgehead atoms. The summed E-state index contributed by atoms with van der Waals surface area (Å²) in [4.78, 5) is 0. The molecule has 0 nitrogen and oxygen atoms in total. The van der Waals surface area contributed by atoms with Crippen molar-refractivity contribution in [2.24, 2.45) is 116 Å². The zero-order chi connectivity index (χ0) is 61.5. The molecule has 12 saturated carbocycles. The molecule has 12 aliphatic carbocycles. The lowest BCUT2D eigenvalue weighted by molar-refractivity contribution is 0.190. The van der Waals surface area contributed by atoms with Crippen LogP contribution in [0.5, 0.6) is 0 Å². The van der Waals surface area contributed by atoms with Gasteiger partial charge < -0.3 is 0 Å². The Morgan fingerprint density at radius 2 is 0.762 bits per heavy atom. The number of rotatable bonds is 10. The van der Waals surface area contributed by atoms with E-state index in [-0.39, 0.29) is 0 Å². The van der Waals surface area contributed by atoms with Crippen molar-refractivity contribution in [1.82, 2.24) is 0 Å². The van der Waals surface area contributed by atoms with E-state index in [2.05, 4.69) is 187 Å². The summed E-state index contributed by atoms with van der Waals surface area (Å²) in [5.74, 6) is 15.5. The van der Waals surface area contributed by atoms with Gasteiger partial charge in [0.05, 0.1) is 0 Å². The van der Waals surface area contributed by atoms with Crippen LogP contribution in [-0.4, -0.2) is 0 Å². The quantitative estimate of drug-likeness (QED) is 0.191. The first kappa shape index (κ1) is 80.0. The molecule has 12 fully saturated rings. The lowest BCUT2D eigenvalue weighted by atomic mass is 9.72. The van der Waals surface area contributed by atoms with Crippen LogP contribution in [0.25, 0.3) is 0 Å². The van der Waals surface area contributed by atoms with E-state index in [1.54, 1.807) is 19.3 Å². The van der Waals surface area contributed by atoms with Crippen LogP contribution in [0.3, 0.4) is 0 Å². The second kappa shape index (κ2) is 41.2. The van der Waals surface area contributed by atoms with Crippen molar-refractivity contribution in [2.45, 2.75) is 399 Å². The van der Waals surface area contributed by atoms with Crippen molar-refractivity contribution in [3.8, 4) is 0 Å². The van der Waals surface area contributed by atoms with E-state index < -0.39 is 0 Å². The van der Waals surface area contributed by atoms with E-state index in [1.807, 2.05) is 0 Å². The average Bonchev–Trinajstić information content (AvgIpc) is 3.96. The normalized spacial score (nSPS) is 33.1. The molecule has 80 heavy (non-hydrogen) atoms. The molecule has 0 N–H and O–H groups in total. The second-order valence-corrected chi connectivity index (χ2v) is 34.2. The summed E-state index contributed by atoms with van der Waals surface area (Å²) in [6, 6.07) is 0. The Kier molecular flexibility index (Phi) is 41.2. The van der Waals surface area contributed by atoms with Gasteiger partial charge in [0.25, 0.3) is 0 Å². The first-order valence-electron chi connectivity index (χ1n) is 37.2. The summed E-state index contributed by atoms with van der Waals surface area (Å²) >= 11 is 0. The number of unbranched alkanes of at least 4 members (excludes halogenated alkanes) is 5. The molecule has 0 heteroatoms. The summed E-state index contributed by atoms with van der Waals surface area (Å²) < 4.78 is 0. The molecule has 0 heterocycles. The molecule has 0 amide bonds. The summed E-state index contributed by atoms with van der Waals surface area (Å²) in [5, 5.41) is 0. The van der Waals surface area contributed by atoms with E-state index >= 15 is 0 Å². The third kappa shape index (κ3) is 41.2. The van der Waals surface area contributed by atoms with Crippen LogP contribution >= 0.6 is 0 Å². The highest BCUT2D eigenvalue weighted by molar-refractivity contribution is 5.10. The fraction of sp³-hybridized carbons (Fsp3) is 1.00. The van der Waals surface area contributed by atoms with Crippen LogP contribution in [-0.2, 0) is 0 Å². The van der Waals surface area contributed by atoms with Gasteiger partial charge in [-0.1, -0.05) is 322 Å². The highest BCUT2D eigenvalue weighted by Crippen LogP contribution is 2.70. The van der Waals surface area contributed by atoms with Gasteiger partial charge in [0.1, 0.15) is 0 Å². The maximum atomic E-state index is 2.37. The molecule has 482 valence electrons. The molecule has 12 rings (SSSR count). The Balaban J connectivity index is 0.000000845. The van der Waals surface area contributed by atoms with Gasteiger partial charge in [-0.3, -0.25) is 0 Å². The highest BCUT2D eigenvalue weighted by atomic mass is 14.6. The van der Waals surface area contributed by atoms with Crippen LogP contribution in [0.1, 0.15) is 399 Å². The molecular weight excluding hydrogens is 961 g/mol. The van der Waals surface area contributed by atoms with Gasteiger partial charge in [0.15, 0.2) is 0 Å². The highest BCUT2D eigenvalue weighted by Gasteiger charge is 2.59. The largest absolute Gasteiger partial charge is 0.0654 e. The van der Waals surface area contributed by atoms with E-state index in [0.29, 0.717) is 10.8 Å². The lowest BCUT2D eigenvalue weighted by Gasteiger charge is -2.33. The molecule has 0 saturated heterocycles. The van der Waals surface area contributed by atoms with Crippen LogP contribution in [0.2, 0.25) is 0 Å². The maximum Gasteiger partial charge on any atom is -0.0268 e. The molecule has 1 spiro atoms. The van der Waals surface area contributed by atoms with Crippen LogP contribution in [0.15, 0.2) is 0 Å². The molecule has 4 unspecified atom stereocenters. The monoisotopic (exact) mass is 1120 g/mol. The van der Waals surface area contributed by atoms with Crippen LogP contribution in [0.4, 0.5) is 0 Å². The SMILES string of the molecule is CC1(C)CCC1.CC1C(C)C1C.CC1CC(C)C1.CC1CC1(C)C.CC1CCCC1.CC1CC[C@H]1C.CCC1(C)CC1.CCC1CC1C.CCC1CCC1.CCCCC(C)C.CCCCCCC.C[C@H]1CC1(C)C.C[C@H]1CC12CC2.